The van der Waals surface area contributed by atoms with Gasteiger partial charge in [0.1, 0.15) is 0 Å². The van der Waals surface area contributed by atoms with Gasteiger partial charge in [0.05, 0.1) is 5.75 Å². The maximum absolute atomic E-state index is 4.87. The maximum atomic E-state index is 4.87. The van der Waals surface area contributed by atoms with Gasteiger partial charge in [-0.3, -0.25) is 0 Å². The van der Waals surface area contributed by atoms with Crippen LogP contribution in [0.2, 0.25) is 0 Å². The van der Waals surface area contributed by atoms with Gasteiger partial charge >= 0.3 is 0 Å². The standard InChI is InChI=1S/C9H12N4OS/c1-3-7-4-10-9(12-7)15-5-8-11-6(2)14-13-8/h4H,3,5H2,1-2H3,(H,10,12). The number of thioether (sulfide) groups is 1. The first-order valence-electron chi connectivity index (χ1n) is 4.74. The van der Waals surface area contributed by atoms with Gasteiger partial charge in [-0.15, -0.1) is 0 Å². The number of aromatic nitrogens is 4. The second-order valence-electron chi connectivity index (χ2n) is 3.09. The fourth-order valence-corrected chi connectivity index (χ4v) is 1.84. The molecule has 0 unspecified atom stereocenters. The molecule has 2 aromatic heterocycles. The van der Waals surface area contributed by atoms with E-state index in [0.717, 1.165) is 17.3 Å². The van der Waals surface area contributed by atoms with Crippen molar-refractivity contribution in [1.29, 1.82) is 0 Å². The molecule has 0 aromatic carbocycles. The van der Waals surface area contributed by atoms with E-state index in [1.165, 1.54) is 0 Å². The Morgan fingerprint density at radius 3 is 3.00 bits per heavy atom. The fourth-order valence-electron chi connectivity index (χ4n) is 1.12. The Morgan fingerprint density at radius 1 is 1.53 bits per heavy atom. The summed E-state index contributed by atoms with van der Waals surface area (Å²) >= 11 is 1.57. The van der Waals surface area contributed by atoms with Crippen molar-refractivity contribution in [3.05, 3.63) is 23.6 Å². The van der Waals surface area contributed by atoms with Gasteiger partial charge in [0.25, 0.3) is 0 Å². The molecule has 0 radical (unpaired) electrons. The number of nitrogens with one attached hydrogen (secondary N) is 1. The fraction of sp³-hybridized carbons (Fsp3) is 0.444. The van der Waals surface area contributed by atoms with E-state index >= 15 is 0 Å². The normalized spacial score (nSPS) is 10.8. The molecule has 0 atom stereocenters. The topological polar surface area (TPSA) is 67.6 Å². The van der Waals surface area contributed by atoms with Gasteiger partial charge < -0.3 is 9.51 Å². The van der Waals surface area contributed by atoms with E-state index in [0.29, 0.717) is 17.5 Å². The molecule has 2 aromatic rings. The molecule has 80 valence electrons. The van der Waals surface area contributed by atoms with Crippen LogP contribution in [0.1, 0.15) is 24.3 Å². The Bertz CT molecular complexity index is 437. The predicted octanol–water partition coefficient (Wildman–Crippen LogP) is 1.96. The lowest BCUT2D eigenvalue weighted by molar-refractivity contribution is 0.389. The van der Waals surface area contributed by atoms with Crippen molar-refractivity contribution in [2.45, 2.75) is 31.2 Å². The molecule has 5 nitrogen and oxygen atoms in total. The minimum atomic E-state index is 0.597. The van der Waals surface area contributed by atoms with Crippen molar-refractivity contribution in [1.82, 2.24) is 20.1 Å². The van der Waals surface area contributed by atoms with Crippen LogP contribution in [0.25, 0.3) is 0 Å². The van der Waals surface area contributed by atoms with E-state index in [9.17, 15) is 0 Å². The van der Waals surface area contributed by atoms with Crippen molar-refractivity contribution in [2.24, 2.45) is 0 Å². The molecule has 0 bridgehead atoms. The lowest BCUT2D eigenvalue weighted by Crippen LogP contribution is -1.85. The Labute approximate surface area is 91.7 Å². The first-order chi connectivity index (χ1) is 7.28. The first kappa shape index (κ1) is 10.2. The highest BCUT2D eigenvalue weighted by atomic mass is 32.2. The van der Waals surface area contributed by atoms with Crippen LogP contribution < -0.4 is 0 Å². The summed E-state index contributed by atoms with van der Waals surface area (Å²) in [7, 11) is 0. The average Bonchev–Trinajstić information content (AvgIpc) is 2.83. The number of aromatic amines is 1. The predicted molar refractivity (Wildman–Crippen MR) is 56.6 cm³/mol. The molecule has 0 saturated carbocycles. The monoisotopic (exact) mass is 224 g/mol. The van der Waals surface area contributed by atoms with E-state index in [-0.39, 0.29) is 0 Å². The Balaban J connectivity index is 1.93. The summed E-state index contributed by atoms with van der Waals surface area (Å²) in [4.78, 5) is 11.5. The minimum absolute atomic E-state index is 0.597. The number of nitrogens with zero attached hydrogens (tertiary/aromatic N) is 3. The van der Waals surface area contributed by atoms with Crippen molar-refractivity contribution in [3.63, 3.8) is 0 Å². The zero-order chi connectivity index (χ0) is 10.7. The molecule has 0 amide bonds. The number of aryl methyl sites for hydroxylation is 2. The highest BCUT2D eigenvalue weighted by molar-refractivity contribution is 7.98. The van der Waals surface area contributed by atoms with Gasteiger partial charge in [-0.25, -0.2) is 4.98 Å². The van der Waals surface area contributed by atoms with Crippen LogP contribution in [0.3, 0.4) is 0 Å². The molecule has 0 saturated heterocycles. The Hall–Kier alpha value is -1.30. The Morgan fingerprint density at radius 2 is 2.40 bits per heavy atom. The average molecular weight is 224 g/mol. The zero-order valence-electron chi connectivity index (χ0n) is 8.65. The second-order valence-corrected chi connectivity index (χ2v) is 4.05. The third-order valence-corrected chi connectivity index (χ3v) is 2.78. The summed E-state index contributed by atoms with van der Waals surface area (Å²) in [5, 5.41) is 4.71. The van der Waals surface area contributed by atoms with Crippen LogP contribution in [0, 0.1) is 6.92 Å². The summed E-state index contributed by atoms with van der Waals surface area (Å²) in [6, 6.07) is 0. The molecule has 2 rings (SSSR count). The minimum Gasteiger partial charge on any atom is -0.340 e. The van der Waals surface area contributed by atoms with Gasteiger partial charge in [0.2, 0.25) is 5.89 Å². The number of rotatable bonds is 4. The molecule has 0 spiro atoms. The van der Waals surface area contributed by atoms with E-state index < -0.39 is 0 Å². The number of H-pyrrole nitrogens is 1. The van der Waals surface area contributed by atoms with Crippen LogP contribution >= 0.6 is 11.8 Å². The third kappa shape index (κ3) is 2.59. The van der Waals surface area contributed by atoms with Crippen molar-refractivity contribution < 1.29 is 4.52 Å². The Kier molecular flexibility index (Phi) is 3.05. The summed E-state index contributed by atoms with van der Waals surface area (Å²) in [6.07, 6.45) is 2.82. The maximum Gasteiger partial charge on any atom is 0.223 e. The van der Waals surface area contributed by atoms with Crippen LogP contribution in [0.15, 0.2) is 15.9 Å². The van der Waals surface area contributed by atoms with E-state index in [2.05, 4.69) is 27.0 Å². The van der Waals surface area contributed by atoms with Gasteiger partial charge in [-0.2, -0.15) is 4.98 Å². The molecule has 0 fully saturated rings. The van der Waals surface area contributed by atoms with Crippen molar-refractivity contribution in [3.8, 4) is 0 Å². The highest BCUT2D eigenvalue weighted by Gasteiger charge is 2.05. The first-order valence-corrected chi connectivity index (χ1v) is 5.72. The molecule has 2 heterocycles. The van der Waals surface area contributed by atoms with Gasteiger partial charge in [0.15, 0.2) is 11.0 Å². The summed E-state index contributed by atoms with van der Waals surface area (Å²) in [5.41, 5.74) is 1.14. The van der Waals surface area contributed by atoms with Gasteiger partial charge in [-0.05, 0) is 6.42 Å². The van der Waals surface area contributed by atoms with Crippen LogP contribution in [0.5, 0.6) is 0 Å². The number of hydrogen-bond acceptors (Lipinski definition) is 5. The van der Waals surface area contributed by atoms with Gasteiger partial charge in [0, 0.05) is 18.8 Å². The molecule has 6 heteroatoms. The second kappa shape index (κ2) is 4.48. The highest BCUT2D eigenvalue weighted by Crippen LogP contribution is 2.18. The molecule has 1 N–H and O–H groups in total. The summed E-state index contributed by atoms with van der Waals surface area (Å²) in [6.45, 7) is 3.87. The summed E-state index contributed by atoms with van der Waals surface area (Å²) in [5.74, 6) is 1.97. The third-order valence-electron chi connectivity index (χ3n) is 1.89. The molecule has 0 aliphatic rings. The molecular weight excluding hydrogens is 212 g/mol. The van der Waals surface area contributed by atoms with Crippen LogP contribution in [0.4, 0.5) is 0 Å². The molecular formula is C9H12N4OS. The lowest BCUT2D eigenvalue weighted by atomic mass is 10.4. The van der Waals surface area contributed by atoms with E-state index in [1.54, 1.807) is 18.7 Å². The van der Waals surface area contributed by atoms with Crippen molar-refractivity contribution >= 4 is 11.8 Å². The molecule has 0 aliphatic carbocycles. The van der Waals surface area contributed by atoms with Gasteiger partial charge in [-0.1, -0.05) is 23.8 Å². The van der Waals surface area contributed by atoms with Crippen LogP contribution in [-0.4, -0.2) is 20.1 Å². The van der Waals surface area contributed by atoms with Crippen LogP contribution in [-0.2, 0) is 12.2 Å². The molecule has 15 heavy (non-hydrogen) atoms. The SMILES string of the molecule is CCc1cnc(SCc2noc(C)n2)[nH]1. The number of hydrogen-bond donors (Lipinski definition) is 1. The lowest BCUT2D eigenvalue weighted by Gasteiger charge is -1.91. The number of imidazole rings is 1. The van der Waals surface area contributed by atoms with E-state index in [1.807, 2.05) is 6.20 Å². The summed E-state index contributed by atoms with van der Waals surface area (Å²) < 4.78 is 4.87. The largest absolute Gasteiger partial charge is 0.340 e. The quantitative estimate of drug-likeness (QED) is 0.804. The zero-order valence-corrected chi connectivity index (χ0v) is 9.47. The molecule has 0 aliphatic heterocycles. The smallest absolute Gasteiger partial charge is 0.223 e. The van der Waals surface area contributed by atoms with E-state index in [4.69, 9.17) is 4.52 Å². The van der Waals surface area contributed by atoms with Crippen molar-refractivity contribution in [2.75, 3.05) is 0 Å².